The van der Waals surface area contributed by atoms with Gasteiger partial charge in [0.15, 0.2) is 5.96 Å². The van der Waals surface area contributed by atoms with Gasteiger partial charge in [-0.3, -0.25) is 4.79 Å². The zero-order valence-corrected chi connectivity index (χ0v) is 8.37. The van der Waals surface area contributed by atoms with E-state index in [4.69, 9.17) is 11.5 Å². The van der Waals surface area contributed by atoms with Crippen molar-refractivity contribution in [3.05, 3.63) is 0 Å². The lowest BCUT2D eigenvalue weighted by molar-refractivity contribution is -0.122. The monoisotopic (exact) mass is 186 g/mol. The molecule has 0 aromatic heterocycles. The van der Waals surface area contributed by atoms with Crippen molar-refractivity contribution in [3.63, 3.8) is 0 Å². The molecule has 1 amide bonds. The molecular formula is C8H18N4O. The second-order valence-electron chi connectivity index (χ2n) is 3.37. The molecule has 5 N–H and O–H groups in total. The van der Waals surface area contributed by atoms with Crippen LogP contribution in [0.3, 0.4) is 0 Å². The van der Waals surface area contributed by atoms with E-state index in [0.29, 0.717) is 12.5 Å². The summed E-state index contributed by atoms with van der Waals surface area (Å²) in [4.78, 5) is 15.0. The van der Waals surface area contributed by atoms with Gasteiger partial charge in [-0.25, -0.2) is 4.99 Å². The first-order valence-electron chi connectivity index (χ1n) is 4.30. The highest BCUT2D eigenvalue weighted by Gasteiger charge is 2.10. The molecule has 0 heterocycles. The number of nitrogens with zero attached hydrogens (tertiary/aromatic N) is 1. The molecule has 0 aromatic carbocycles. The fourth-order valence-corrected chi connectivity index (χ4v) is 0.735. The summed E-state index contributed by atoms with van der Waals surface area (Å²) >= 11 is 0. The van der Waals surface area contributed by atoms with E-state index in [2.05, 4.69) is 10.3 Å². The maximum Gasteiger partial charge on any atom is 0.244 e. The summed E-state index contributed by atoms with van der Waals surface area (Å²) in [6.45, 7) is 6.33. The average molecular weight is 186 g/mol. The van der Waals surface area contributed by atoms with Gasteiger partial charge in [0.25, 0.3) is 0 Å². The van der Waals surface area contributed by atoms with Crippen LogP contribution in [0, 0.1) is 5.92 Å². The Hall–Kier alpha value is -1.26. The van der Waals surface area contributed by atoms with Crippen molar-refractivity contribution < 1.29 is 4.79 Å². The number of rotatable bonds is 4. The van der Waals surface area contributed by atoms with Crippen LogP contribution in [0.1, 0.15) is 20.8 Å². The van der Waals surface area contributed by atoms with Crippen LogP contribution < -0.4 is 16.8 Å². The number of hydrogen-bond acceptors (Lipinski definition) is 2. The maximum atomic E-state index is 11.3. The van der Waals surface area contributed by atoms with Gasteiger partial charge in [-0.05, 0) is 12.8 Å². The first-order chi connectivity index (χ1) is 5.93. The van der Waals surface area contributed by atoms with Gasteiger partial charge in [0.2, 0.25) is 5.91 Å². The minimum absolute atomic E-state index is 0.0628. The number of carbonyl (C=O) groups is 1. The lowest BCUT2D eigenvalue weighted by Gasteiger charge is -2.10. The summed E-state index contributed by atoms with van der Waals surface area (Å²) in [5.74, 6) is 0.213. The molecule has 0 saturated heterocycles. The van der Waals surface area contributed by atoms with E-state index in [9.17, 15) is 4.79 Å². The third-order valence-corrected chi connectivity index (χ3v) is 1.41. The predicted molar refractivity (Wildman–Crippen MR) is 53.1 cm³/mol. The van der Waals surface area contributed by atoms with Crippen LogP contribution >= 0.6 is 0 Å². The third-order valence-electron chi connectivity index (χ3n) is 1.41. The zero-order valence-electron chi connectivity index (χ0n) is 8.37. The lowest BCUT2D eigenvalue weighted by atomic mass is 10.2. The van der Waals surface area contributed by atoms with Gasteiger partial charge >= 0.3 is 0 Å². The van der Waals surface area contributed by atoms with Gasteiger partial charge < -0.3 is 16.8 Å². The molecular weight excluding hydrogens is 168 g/mol. The highest BCUT2D eigenvalue weighted by Crippen LogP contribution is 1.91. The molecule has 0 aliphatic heterocycles. The molecule has 1 unspecified atom stereocenters. The number of amides is 1. The van der Waals surface area contributed by atoms with Crippen LogP contribution in [0.15, 0.2) is 4.99 Å². The zero-order chi connectivity index (χ0) is 10.4. The molecule has 5 nitrogen and oxygen atoms in total. The summed E-state index contributed by atoms with van der Waals surface area (Å²) in [6, 6.07) is -0.510. The highest BCUT2D eigenvalue weighted by atomic mass is 16.2. The Bertz CT molecular complexity index is 196. The normalized spacial score (nSPS) is 12.3. The smallest absolute Gasteiger partial charge is 0.244 e. The Morgan fingerprint density at radius 1 is 1.38 bits per heavy atom. The fourth-order valence-electron chi connectivity index (χ4n) is 0.735. The van der Waals surface area contributed by atoms with E-state index >= 15 is 0 Å². The number of carbonyl (C=O) groups excluding carboxylic acids is 1. The van der Waals surface area contributed by atoms with Crippen molar-refractivity contribution in [2.75, 3.05) is 6.54 Å². The standard InChI is InChI=1S/C8H18N4O/c1-5(2)4-11-7(13)6(3)12-8(9)10/h5-6H,4H2,1-3H3,(H,11,13)(H4,9,10,12). The quantitative estimate of drug-likeness (QED) is 0.405. The van der Waals surface area contributed by atoms with Crippen LogP contribution in [0.5, 0.6) is 0 Å². The number of nitrogens with one attached hydrogen (secondary N) is 1. The number of guanidine groups is 1. The van der Waals surface area contributed by atoms with Crippen LogP contribution in [0.4, 0.5) is 0 Å². The molecule has 0 spiro atoms. The van der Waals surface area contributed by atoms with Gasteiger partial charge in [0.05, 0.1) is 0 Å². The van der Waals surface area contributed by atoms with Crippen molar-refractivity contribution in [2.45, 2.75) is 26.8 Å². The molecule has 0 fully saturated rings. The molecule has 0 rings (SSSR count). The number of hydrogen-bond donors (Lipinski definition) is 3. The van der Waals surface area contributed by atoms with Gasteiger partial charge in [0, 0.05) is 6.54 Å². The van der Waals surface area contributed by atoms with Crippen LogP contribution in [0.2, 0.25) is 0 Å². The van der Waals surface area contributed by atoms with E-state index in [1.165, 1.54) is 0 Å². The molecule has 76 valence electrons. The van der Waals surface area contributed by atoms with Crippen molar-refractivity contribution in [2.24, 2.45) is 22.4 Å². The maximum absolute atomic E-state index is 11.3. The van der Waals surface area contributed by atoms with Crippen molar-refractivity contribution in [1.82, 2.24) is 5.32 Å². The lowest BCUT2D eigenvalue weighted by Crippen LogP contribution is -2.36. The second kappa shape index (κ2) is 5.40. The SMILES string of the molecule is CC(C)CNC(=O)C(C)N=C(N)N. The Labute approximate surface area is 78.6 Å². The first-order valence-corrected chi connectivity index (χ1v) is 4.30. The van der Waals surface area contributed by atoms with Crippen molar-refractivity contribution in [1.29, 1.82) is 0 Å². The van der Waals surface area contributed by atoms with Gasteiger partial charge in [-0.15, -0.1) is 0 Å². The van der Waals surface area contributed by atoms with Crippen molar-refractivity contribution in [3.8, 4) is 0 Å². The average Bonchev–Trinajstić information content (AvgIpc) is 1.98. The Morgan fingerprint density at radius 3 is 2.31 bits per heavy atom. The second-order valence-corrected chi connectivity index (χ2v) is 3.37. The van der Waals surface area contributed by atoms with Gasteiger partial charge in [-0.2, -0.15) is 0 Å². The third kappa shape index (κ3) is 5.95. The molecule has 5 heteroatoms. The topological polar surface area (TPSA) is 93.5 Å². The predicted octanol–water partition coefficient (Wildman–Crippen LogP) is -0.579. The number of aliphatic imine (C=N–C) groups is 1. The summed E-state index contributed by atoms with van der Waals surface area (Å²) in [7, 11) is 0. The first kappa shape index (κ1) is 11.7. The van der Waals surface area contributed by atoms with Crippen LogP contribution in [-0.4, -0.2) is 24.5 Å². The minimum Gasteiger partial charge on any atom is -0.370 e. The largest absolute Gasteiger partial charge is 0.370 e. The van der Waals surface area contributed by atoms with Gasteiger partial charge in [0.1, 0.15) is 6.04 Å². The molecule has 0 aromatic rings. The van der Waals surface area contributed by atoms with Crippen molar-refractivity contribution >= 4 is 11.9 Å². The highest BCUT2D eigenvalue weighted by molar-refractivity contribution is 5.85. The Balaban J connectivity index is 3.90. The molecule has 1 atom stereocenters. The molecule has 13 heavy (non-hydrogen) atoms. The van der Waals surface area contributed by atoms with E-state index in [0.717, 1.165) is 0 Å². The van der Waals surface area contributed by atoms with E-state index in [1.807, 2.05) is 13.8 Å². The van der Waals surface area contributed by atoms with Crippen LogP contribution in [-0.2, 0) is 4.79 Å². The van der Waals surface area contributed by atoms with Gasteiger partial charge in [-0.1, -0.05) is 13.8 Å². The molecule has 0 radical (unpaired) electrons. The Morgan fingerprint density at radius 2 is 1.92 bits per heavy atom. The number of nitrogens with two attached hydrogens (primary N) is 2. The molecule has 0 aliphatic carbocycles. The summed E-state index contributed by atoms with van der Waals surface area (Å²) in [5.41, 5.74) is 10.3. The van der Waals surface area contributed by atoms with Crippen LogP contribution in [0.25, 0.3) is 0 Å². The summed E-state index contributed by atoms with van der Waals surface area (Å²) in [6.07, 6.45) is 0. The van der Waals surface area contributed by atoms with E-state index in [1.54, 1.807) is 6.92 Å². The molecule has 0 bridgehead atoms. The minimum atomic E-state index is -0.510. The van der Waals surface area contributed by atoms with E-state index < -0.39 is 6.04 Å². The Kier molecular flexibility index (Phi) is 4.87. The molecule has 0 aliphatic rings. The summed E-state index contributed by atoms with van der Waals surface area (Å²) < 4.78 is 0. The van der Waals surface area contributed by atoms with E-state index in [-0.39, 0.29) is 11.9 Å². The fraction of sp³-hybridized carbons (Fsp3) is 0.750. The summed E-state index contributed by atoms with van der Waals surface area (Å²) in [5, 5.41) is 2.73. The molecule has 0 saturated carbocycles.